The van der Waals surface area contributed by atoms with E-state index in [-0.39, 0.29) is 0 Å². The van der Waals surface area contributed by atoms with Crippen LogP contribution in [0.5, 0.6) is 0 Å². The van der Waals surface area contributed by atoms with Crippen LogP contribution in [0.15, 0.2) is 30.3 Å². The number of para-hydroxylation sites is 1. The lowest BCUT2D eigenvalue weighted by molar-refractivity contribution is 1.04. The molecule has 0 fully saturated rings. The van der Waals surface area contributed by atoms with Crippen LogP contribution in [0.2, 0.25) is 0 Å². The molecule has 0 aliphatic heterocycles. The fourth-order valence-corrected chi connectivity index (χ4v) is 1.72. The molecule has 4 heteroatoms. The van der Waals surface area contributed by atoms with E-state index in [1.165, 1.54) is 0 Å². The maximum atomic E-state index is 5.68. The van der Waals surface area contributed by atoms with Crippen molar-refractivity contribution in [3.05, 3.63) is 47.3 Å². The van der Waals surface area contributed by atoms with Crippen LogP contribution in [0.4, 0.5) is 11.6 Å². The summed E-state index contributed by atoms with van der Waals surface area (Å²) in [5.74, 6) is 0.614. The molecule has 2 rings (SSSR count). The normalized spacial score (nSPS) is 10.3. The van der Waals surface area contributed by atoms with Gasteiger partial charge in [0.1, 0.15) is 0 Å². The Labute approximate surface area is 101 Å². The molecule has 88 valence electrons. The molecular formula is C13H16N4. The molecule has 0 unspecified atom stereocenters. The van der Waals surface area contributed by atoms with Crippen LogP contribution in [-0.2, 0) is 6.54 Å². The molecule has 0 spiro atoms. The second kappa shape index (κ2) is 4.93. The fraction of sp³-hybridized carbons (Fsp3) is 0.231. The third kappa shape index (κ3) is 2.79. The number of aryl methyl sites for hydroxylation is 2. The van der Waals surface area contributed by atoms with Crippen LogP contribution >= 0.6 is 0 Å². The van der Waals surface area contributed by atoms with Crippen molar-refractivity contribution in [1.82, 2.24) is 9.97 Å². The number of hydrogen-bond acceptors (Lipinski definition) is 4. The molecular weight excluding hydrogens is 212 g/mol. The van der Waals surface area contributed by atoms with Gasteiger partial charge in [-0.15, -0.1) is 0 Å². The average molecular weight is 228 g/mol. The summed E-state index contributed by atoms with van der Waals surface area (Å²) in [6, 6.07) is 9.84. The summed E-state index contributed by atoms with van der Waals surface area (Å²) in [6.07, 6.45) is 0. The number of nitrogens with zero attached hydrogens (tertiary/aromatic N) is 2. The molecule has 1 aromatic heterocycles. The number of rotatable bonds is 3. The van der Waals surface area contributed by atoms with Gasteiger partial charge >= 0.3 is 0 Å². The second-order valence-electron chi connectivity index (χ2n) is 3.96. The molecule has 3 N–H and O–H groups in total. The van der Waals surface area contributed by atoms with Crippen LogP contribution in [-0.4, -0.2) is 9.97 Å². The number of benzene rings is 1. The fourth-order valence-electron chi connectivity index (χ4n) is 1.72. The van der Waals surface area contributed by atoms with Crippen LogP contribution < -0.4 is 11.1 Å². The van der Waals surface area contributed by atoms with Crippen molar-refractivity contribution in [2.24, 2.45) is 5.73 Å². The molecule has 4 nitrogen and oxygen atoms in total. The molecule has 0 amide bonds. The van der Waals surface area contributed by atoms with Crippen molar-refractivity contribution < 1.29 is 0 Å². The predicted molar refractivity (Wildman–Crippen MR) is 69.1 cm³/mol. The van der Waals surface area contributed by atoms with Gasteiger partial charge in [-0.25, -0.2) is 9.97 Å². The first kappa shape index (κ1) is 11.5. The zero-order chi connectivity index (χ0) is 12.3. The summed E-state index contributed by atoms with van der Waals surface area (Å²) in [5.41, 5.74) is 9.59. The van der Waals surface area contributed by atoms with E-state index in [0.717, 1.165) is 22.6 Å². The van der Waals surface area contributed by atoms with Crippen molar-refractivity contribution in [2.75, 3.05) is 5.32 Å². The maximum absolute atomic E-state index is 5.68. The van der Waals surface area contributed by atoms with Crippen LogP contribution in [0, 0.1) is 13.8 Å². The van der Waals surface area contributed by atoms with E-state index in [1.54, 1.807) is 0 Å². The molecule has 1 heterocycles. The number of nitrogens with one attached hydrogen (secondary N) is 1. The molecule has 0 atom stereocenters. The third-order valence-electron chi connectivity index (χ3n) is 2.47. The van der Waals surface area contributed by atoms with Crippen LogP contribution in [0.3, 0.4) is 0 Å². The SMILES string of the molecule is Cc1cc(C)nc(Nc2ccccc2CN)n1. The zero-order valence-electron chi connectivity index (χ0n) is 10.1. The number of nitrogens with two attached hydrogens (primary N) is 1. The van der Waals surface area contributed by atoms with Crippen molar-refractivity contribution >= 4 is 11.6 Å². The summed E-state index contributed by atoms with van der Waals surface area (Å²) in [4.78, 5) is 8.68. The molecule has 0 saturated carbocycles. The lowest BCUT2D eigenvalue weighted by Crippen LogP contribution is -2.04. The Hall–Kier alpha value is -1.94. The molecule has 1 aromatic carbocycles. The van der Waals surface area contributed by atoms with Crippen LogP contribution in [0.1, 0.15) is 17.0 Å². The molecule has 0 radical (unpaired) electrons. The number of anilines is 2. The van der Waals surface area contributed by atoms with Gasteiger partial charge < -0.3 is 11.1 Å². The molecule has 0 aliphatic rings. The summed E-state index contributed by atoms with van der Waals surface area (Å²) >= 11 is 0. The average Bonchev–Trinajstić information content (AvgIpc) is 2.28. The minimum Gasteiger partial charge on any atom is -0.326 e. The highest BCUT2D eigenvalue weighted by Crippen LogP contribution is 2.18. The smallest absolute Gasteiger partial charge is 0.227 e. The van der Waals surface area contributed by atoms with Crippen molar-refractivity contribution in [2.45, 2.75) is 20.4 Å². The molecule has 0 bridgehead atoms. The van der Waals surface area contributed by atoms with E-state index in [4.69, 9.17) is 5.73 Å². The Kier molecular flexibility index (Phi) is 3.35. The molecule has 2 aromatic rings. The van der Waals surface area contributed by atoms with Gasteiger partial charge in [0.05, 0.1) is 0 Å². The monoisotopic (exact) mass is 228 g/mol. The summed E-state index contributed by atoms with van der Waals surface area (Å²) in [7, 11) is 0. The number of aromatic nitrogens is 2. The van der Waals surface area contributed by atoms with Crippen molar-refractivity contribution in [3.63, 3.8) is 0 Å². The van der Waals surface area contributed by atoms with Gasteiger partial charge in [-0.1, -0.05) is 18.2 Å². The van der Waals surface area contributed by atoms with Crippen molar-refractivity contribution in [1.29, 1.82) is 0 Å². The van der Waals surface area contributed by atoms with Gasteiger partial charge in [0, 0.05) is 23.6 Å². The van der Waals surface area contributed by atoms with Gasteiger partial charge in [0.15, 0.2) is 0 Å². The molecule has 0 aliphatic carbocycles. The minimum atomic E-state index is 0.494. The summed E-state index contributed by atoms with van der Waals surface area (Å²) in [6.45, 7) is 4.40. The Morgan fingerprint density at radius 1 is 1.12 bits per heavy atom. The minimum absolute atomic E-state index is 0.494. The highest BCUT2D eigenvalue weighted by Gasteiger charge is 2.03. The van der Waals surface area contributed by atoms with E-state index in [0.29, 0.717) is 12.5 Å². The quantitative estimate of drug-likeness (QED) is 0.846. The maximum Gasteiger partial charge on any atom is 0.227 e. The van der Waals surface area contributed by atoms with Gasteiger partial charge in [-0.3, -0.25) is 0 Å². The molecule has 17 heavy (non-hydrogen) atoms. The topological polar surface area (TPSA) is 63.8 Å². The van der Waals surface area contributed by atoms with Gasteiger partial charge in [0.25, 0.3) is 0 Å². The lowest BCUT2D eigenvalue weighted by Gasteiger charge is -2.10. The van der Waals surface area contributed by atoms with E-state index < -0.39 is 0 Å². The van der Waals surface area contributed by atoms with Crippen molar-refractivity contribution in [3.8, 4) is 0 Å². The molecule has 0 saturated heterocycles. The van der Waals surface area contributed by atoms with E-state index in [1.807, 2.05) is 44.2 Å². The standard InChI is InChI=1S/C13H16N4/c1-9-7-10(2)16-13(15-9)17-12-6-4-3-5-11(12)8-14/h3-7H,8,14H2,1-2H3,(H,15,16,17). The van der Waals surface area contributed by atoms with E-state index in [2.05, 4.69) is 15.3 Å². The second-order valence-corrected chi connectivity index (χ2v) is 3.96. The Bertz CT molecular complexity index is 502. The predicted octanol–water partition coefficient (Wildman–Crippen LogP) is 2.30. The van der Waals surface area contributed by atoms with Gasteiger partial charge in [0.2, 0.25) is 5.95 Å². The summed E-state index contributed by atoms with van der Waals surface area (Å²) < 4.78 is 0. The summed E-state index contributed by atoms with van der Waals surface area (Å²) in [5, 5.41) is 3.20. The van der Waals surface area contributed by atoms with E-state index in [9.17, 15) is 0 Å². The largest absolute Gasteiger partial charge is 0.326 e. The third-order valence-corrected chi connectivity index (χ3v) is 2.47. The zero-order valence-corrected chi connectivity index (χ0v) is 10.1. The number of hydrogen-bond donors (Lipinski definition) is 2. The van der Waals surface area contributed by atoms with Gasteiger partial charge in [-0.05, 0) is 31.5 Å². The Balaban J connectivity index is 2.31. The van der Waals surface area contributed by atoms with Crippen LogP contribution in [0.25, 0.3) is 0 Å². The Morgan fingerprint density at radius 3 is 2.41 bits per heavy atom. The Morgan fingerprint density at radius 2 is 1.76 bits per heavy atom. The lowest BCUT2D eigenvalue weighted by atomic mass is 10.2. The van der Waals surface area contributed by atoms with E-state index >= 15 is 0 Å². The highest BCUT2D eigenvalue weighted by atomic mass is 15.1. The van der Waals surface area contributed by atoms with Gasteiger partial charge in [-0.2, -0.15) is 0 Å². The highest BCUT2D eigenvalue weighted by molar-refractivity contribution is 5.58. The first-order chi connectivity index (χ1) is 8.19. The first-order valence-corrected chi connectivity index (χ1v) is 5.56. The first-order valence-electron chi connectivity index (χ1n) is 5.56.